The molecule has 0 bridgehead atoms. The van der Waals surface area contributed by atoms with Gasteiger partial charge in [0.15, 0.2) is 0 Å². The fourth-order valence-electron chi connectivity index (χ4n) is 3.11. The van der Waals surface area contributed by atoms with Gasteiger partial charge in [0.05, 0.1) is 12.1 Å². The average Bonchev–Trinajstić information content (AvgIpc) is 3.06. The van der Waals surface area contributed by atoms with Gasteiger partial charge in [0.2, 0.25) is 5.91 Å². The first kappa shape index (κ1) is 19.6. The van der Waals surface area contributed by atoms with Crippen molar-refractivity contribution in [2.24, 2.45) is 0 Å². The second kappa shape index (κ2) is 9.72. The SMILES string of the molecule is CSc1nc(C)c(CC(=O)NCCC(c2ccccc2)c2ccccc2)s1. The van der Waals surface area contributed by atoms with Crippen LogP contribution in [0.1, 0.15) is 34.0 Å². The van der Waals surface area contributed by atoms with Crippen LogP contribution in [0.3, 0.4) is 0 Å². The fraction of sp³-hybridized carbons (Fsp3) is 0.273. The van der Waals surface area contributed by atoms with Crippen LogP contribution in [0.15, 0.2) is 65.0 Å². The number of rotatable bonds is 8. The second-order valence-corrected chi connectivity index (χ2v) is 8.52. The Morgan fingerprint density at radius 2 is 1.67 bits per heavy atom. The smallest absolute Gasteiger partial charge is 0.225 e. The van der Waals surface area contributed by atoms with E-state index >= 15 is 0 Å². The molecule has 1 amide bonds. The van der Waals surface area contributed by atoms with E-state index in [1.807, 2.05) is 25.3 Å². The standard InChI is InChI=1S/C22H24N2OS2/c1-16-20(27-22(24-16)26-2)15-21(25)23-14-13-19(17-9-5-3-6-10-17)18-11-7-4-8-12-18/h3-12,19H,13-15H2,1-2H3,(H,23,25). The molecule has 1 N–H and O–H groups in total. The number of aryl methyl sites for hydroxylation is 1. The average molecular weight is 397 g/mol. The number of thioether (sulfide) groups is 1. The Bertz CT molecular complexity index is 823. The maximum atomic E-state index is 12.4. The van der Waals surface area contributed by atoms with Crippen LogP contribution in [0.25, 0.3) is 0 Å². The molecule has 3 nitrogen and oxygen atoms in total. The number of benzene rings is 2. The van der Waals surface area contributed by atoms with Crippen LogP contribution in [0.2, 0.25) is 0 Å². The van der Waals surface area contributed by atoms with Crippen molar-refractivity contribution in [1.82, 2.24) is 10.3 Å². The summed E-state index contributed by atoms with van der Waals surface area (Å²) in [5.41, 5.74) is 3.52. The highest BCUT2D eigenvalue weighted by atomic mass is 32.2. The van der Waals surface area contributed by atoms with Crippen LogP contribution in [0.4, 0.5) is 0 Å². The number of nitrogens with one attached hydrogen (secondary N) is 1. The molecule has 5 heteroatoms. The molecule has 2 aromatic carbocycles. The van der Waals surface area contributed by atoms with Crippen LogP contribution in [-0.2, 0) is 11.2 Å². The highest BCUT2D eigenvalue weighted by Gasteiger charge is 2.15. The summed E-state index contributed by atoms with van der Waals surface area (Å²) in [6.45, 7) is 2.63. The van der Waals surface area contributed by atoms with E-state index in [1.165, 1.54) is 11.1 Å². The van der Waals surface area contributed by atoms with E-state index in [-0.39, 0.29) is 11.8 Å². The van der Waals surface area contributed by atoms with Crippen molar-refractivity contribution in [3.8, 4) is 0 Å². The van der Waals surface area contributed by atoms with E-state index in [4.69, 9.17) is 0 Å². The monoisotopic (exact) mass is 396 g/mol. The number of hydrogen-bond acceptors (Lipinski definition) is 4. The zero-order valence-electron chi connectivity index (χ0n) is 15.6. The van der Waals surface area contributed by atoms with E-state index in [2.05, 4.69) is 58.8 Å². The first-order valence-corrected chi connectivity index (χ1v) is 11.1. The van der Waals surface area contributed by atoms with E-state index in [0.29, 0.717) is 13.0 Å². The van der Waals surface area contributed by atoms with E-state index < -0.39 is 0 Å². The molecule has 1 aromatic heterocycles. The van der Waals surface area contributed by atoms with Crippen LogP contribution in [0, 0.1) is 6.92 Å². The van der Waals surface area contributed by atoms with Crippen LogP contribution < -0.4 is 5.32 Å². The molecule has 1 heterocycles. The highest BCUT2D eigenvalue weighted by Crippen LogP contribution is 2.28. The molecule has 0 unspecified atom stereocenters. The number of carbonyl (C=O) groups excluding carboxylic acids is 1. The van der Waals surface area contributed by atoms with Gasteiger partial charge in [0.25, 0.3) is 0 Å². The molecule has 27 heavy (non-hydrogen) atoms. The first-order valence-electron chi connectivity index (χ1n) is 9.04. The number of amides is 1. The lowest BCUT2D eigenvalue weighted by atomic mass is 9.88. The van der Waals surface area contributed by atoms with Gasteiger partial charge in [-0.25, -0.2) is 4.98 Å². The minimum Gasteiger partial charge on any atom is -0.356 e. The van der Waals surface area contributed by atoms with Gasteiger partial charge in [-0.1, -0.05) is 72.4 Å². The van der Waals surface area contributed by atoms with Gasteiger partial charge in [0.1, 0.15) is 4.34 Å². The largest absolute Gasteiger partial charge is 0.356 e. The van der Waals surface area contributed by atoms with Crippen LogP contribution >= 0.6 is 23.1 Å². The van der Waals surface area contributed by atoms with Gasteiger partial charge in [-0.3, -0.25) is 4.79 Å². The second-order valence-electron chi connectivity index (χ2n) is 6.38. The van der Waals surface area contributed by atoms with E-state index in [0.717, 1.165) is 21.3 Å². The Morgan fingerprint density at radius 3 is 2.19 bits per heavy atom. The molecule has 3 rings (SSSR count). The summed E-state index contributed by atoms with van der Waals surface area (Å²) in [5.74, 6) is 0.343. The van der Waals surface area contributed by atoms with Crippen molar-refractivity contribution in [3.05, 3.63) is 82.4 Å². The molecule has 3 aromatic rings. The summed E-state index contributed by atoms with van der Waals surface area (Å²) in [6.07, 6.45) is 3.29. The maximum Gasteiger partial charge on any atom is 0.225 e. The van der Waals surface area contributed by atoms with Crippen molar-refractivity contribution in [1.29, 1.82) is 0 Å². The van der Waals surface area contributed by atoms with Crippen LogP contribution in [-0.4, -0.2) is 23.7 Å². The minimum atomic E-state index is 0.0641. The Hall–Kier alpha value is -2.11. The normalized spacial score (nSPS) is 10.9. The molecule has 0 aliphatic heterocycles. The summed E-state index contributed by atoms with van der Waals surface area (Å²) in [4.78, 5) is 17.9. The molecule has 0 saturated carbocycles. The van der Waals surface area contributed by atoms with Gasteiger partial charge < -0.3 is 5.32 Å². The Kier molecular flexibility index (Phi) is 7.07. The Morgan fingerprint density at radius 1 is 1.07 bits per heavy atom. The highest BCUT2D eigenvalue weighted by molar-refractivity contribution is 8.00. The van der Waals surface area contributed by atoms with Crippen molar-refractivity contribution in [2.45, 2.75) is 30.0 Å². The lowest BCUT2D eigenvalue weighted by Gasteiger charge is -2.18. The van der Waals surface area contributed by atoms with Crippen LogP contribution in [0.5, 0.6) is 0 Å². The first-order chi connectivity index (χ1) is 13.2. The van der Waals surface area contributed by atoms with Crippen molar-refractivity contribution >= 4 is 29.0 Å². The molecule has 0 saturated heterocycles. The molecule has 0 spiro atoms. The molecule has 0 atom stereocenters. The van der Waals surface area contributed by atoms with E-state index in [9.17, 15) is 4.79 Å². The summed E-state index contributed by atoms with van der Waals surface area (Å²) in [5, 5.41) is 3.09. The van der Waals surface area contributed by atoms with Gasteiger partial charge >= 0.3 is 0 Å². The van der Waals surface area contributed by atoms with E-state index in [1.54, 1.807) is 23.1 Å². The topological polar surface area (TPSA) is 42.0 Å². The summed E-state index contributed by atoms with van der Waals surface area (Å²) < 4.78 is 1.02. The fourth-order valence-corrected chi connectivity index (χ4v) is 4.77. The van der Waals surface area contributed by atoms with Gasteiger partial charge in [0, 0.05) is 17.3 Å². The summed E-state index contributed by atoms with van der Waals surface area (Å²) >= 11 is 3.24. The lowest BCUT2D eigenvalue weighted by Crippen LogP contribution is -2.27. The third-order valence-corrected chi connectivity index (χ3v) is 6.67. The predicted octanol–water partition coefficient (Wildman–Crippen LogP) is 5.05. The minimum absolute atomic E-state index is 0.0641. The predicted molar refractivity (Wildman–Crippen MR) is 115 cm³/mol. The maximum absolute atomic E-state index is 12.4. The molecule has 0 aliphatic rings. The molecule has 0 fully saturated rings. The lowest BCUT2D eigenvalue weighted by molar-refractivity contribution is -0.120. The van der Waals surface area contributed by atoms with Gasteiger partial charge in [-0.2, -0.15) is 0 Å². The number of carbonyl (C=O) groups is 1. The molecular formula is C22H24N2OS2. The third-order valence-electron chi connectivity index (χ3n) is 4.53. The number of nitrogens with zero attached hydrogens (tertiary/aromatic N) is 1. The third kappa shape index (κ3) is 5.44. The summed E-state index contributed by atoms with van der Waals surface area (Å²) in [7, 11) is 0. The molecule has 0 aliphatic carbocycles. The molecule has 0 radical (unpaired) electrons. The number of thiazole rings is 1. The zero-order chi connectivity index (χ0) is 19.1. The summed E-state index contributed by atoms with van der Waals surface area (Å²) in [6, 6.07) is 21.0. The Balaban J connectivity index is 1.60. The molecule has 140 valence electrons. The van der Waals surface area contributed by atoms with Crippen molar-refractivity contribution in [3.63, 3.8) is 0 Å². The molecular weight excluding hydrogens is 372 g/mol. The Labute approximate surface area is 169 Å². The van der Waals surface area contributed by atoms with Gasteiger partial charge in [-0.15, -0.1) is 11.3 Å². The number of aromatic nitrogens is 1. The van der Waals surface area contributed by atoms with Crippen molar-refractivity contribution < 1.29 is 4.79 Å². The number of hydrogen-bond donors (Lipinski definition) is 1. The quantitative estimate of drug-likeness (QED) is 0.542. The van der Waals surface area contributed by atoms with Gasteiger partial charge in [-0.05, 0) is 30.7 Å². The zero-order valence-corrected chi connectivity index (χ0v) is 17.3. The van der Waals surface area contributed by atoms with Crippen molar-refractivity contribution in [2.75, 3.05) is 12.8 Å².